The molecule has 2 aliphatic rings. The number of rotatable bonds is 8. The number of ether oxygens (including phenoxy) is 4. The number of hydrogen-bond donors (Lipinski definition) is 1. The van der Waals surface area contributed by atoms with E-state index in [2.05, 4.69) is 27.3 Å². The fourth-order valence-electron chi connectivity index (χ4n) is 3.30. The van der Waals surface area contributed by atoms with Gasteiger partial charge in [0, 0.05) is 39.7 Å². The fraction of sp³-hybridized carbons (Fsp3) is 0.632. The summed E-state index contributed by atoms with van der Waals surface area (Å²) in [5.74, 6) is 3.18. The lowest BCUT2D eigenvalue weighted by Crippen LogP contribution is -2.41. The van der Waals surface area contributed by atoms with Crippen molar-refractivity contribution in [3.63, 3.8) is 0 Å². The molecular weight excluding hydrogens is 334 g/mol. The summed E-state index contributed by atoms with van der Waals surface area (Å²) >= 11 is 0. The van der Waals surface area contributed by atoms with E-state index in [9.17, 15) is 0 Å². The van der Waals surface area contributed by atoms with E-state index in [1.54, 1.807) is 7.11 Å². The first-order valence-electron chi connectivity index (χ1n) is 9.21. The van der Waals surface area contributed by atoms with Gasteiger partial charge in [0.2, 0.25) is 6.79 Å². The average Bonchev–Trinajstić information content (AvgIpc) is 3.31. The van der Waals surface area contributed by atoms with Crippen LogP contribution < -0.4 is 14.8 Å². The Morgan fingerprint density at radius 3 is 3.04 bits per heavy atom. The second kappa shape index (κ2) is 9.64. The second-order valence-electron chi connectivity index (χ2n) is 6.58. The monoisotopic (exact) mass is 363 g/mol. The first-order valence-corrected chi connectivity index (χ1v) is 9.21. The Kier molecular flexibility index (Phi) is 6.96. The van der Waals surface area contributed by atoms with Crippen LogP contribution in [0.3, 0.4) is 0 Å². The Balaban J connectivity index is 1.39. The zero-order valence-electron chi connectivity index (χ0n) is 15.7. The van der Waals surface area contributed by atoms with E-state index in [0.717, 1.165) is 56.5 Å². The zero-order chi connectivity index (χ0) is 18.2. The quantitative estimate of drug-likeness (QED) is 0.429. The Bertz CT molecular complexity index is 608. The maximum absolute atomic E-state index is 5.66. The molecule has 7 heteroatoms. The van der Waals surface area contributed by atoms with Gasteiger partial charge < -0.3 is 29.2 Å². The predicted octanol–water partition coefficient (Wildman–Crippen LogP) is 1.52. The van der Waals surface area contributed by atoms with Gasteiger partial charge in [-0.15, -0.1) is 0 Å². The third kappa shape index (κ3) is 5.02. The molecule has 3 rings (SSSR count). The van der Waals surface area contributed by atoms with E-state index >= 15 is 0 Å². The predicted molar refractivity (Wildman–Crippen MR) is 100 cm³/mol. The number of likely N-dealkylation sites (tertiary alicyclic amines) is 1. The highest BCUT2D eigenvalue weighted by Crippen LogP contribution is 2.32. The molecule has 1 saturated heterocycles. The van der Waals surface area contributed by atoms with Crippen molar-refractivity contribution in [2.24, 2.45) is 10.9 Å². The molecule has 1 N–H and O–H groups in total. The van der Waals surface area contributed by atoms with E-state index in [-0.39, 0.29) is 0 Å². The van der Waals surface area contributed by atoms with Crippen molar-refractivity contribution in [2.45, 2.75) is 12.8 Å². The lowest BCUT2D eigenvalue weighted by atomic mass is 10.1. The summed E-state index contributed by atoms with van der Waals surface area (Å²) in [6, 6.07) is 6.11. The van der Waals surface area contributed by atoms with Crippen LogP contribution in [0.5, 0.6) is 11.5 Å². The maximum Gasteiger partial charge on any atom is 0.231 e. The summed E-state index contributed by atoms with van der Waals surface area (Å²) in [6.45, 7) is 5.24. The van der Waals surface area contributed by atoms with E-state index in [4.69, 9.17) is 18.9 Å². The van der Waals surface area contributed by atoms with Crippen molar-refractivity contribution >= 4 is 5.96 Å². The molecule has 0 amide bonds. The van der Waals surface area contributed by atoms with Gasteiger partial charge in [0.15, 0.2) is 17.5 Å². The number of methoxy groups -OCH3 is 1. The zero-order valence-corrected chi connectivity index (χ0v) is 15.7. The number of nitrogens with zero attached hydrogens (tertiary/aromatic N) is 2. The minimum absolute atomic E-state index is 0.314. The van der Waals surface area contributed by atoms with Crippen LogP contribution >= 0.6 is 0 Å². The molecule has 0 bridgehead atoms. The molecule has 1 aromatic carbocycles. The SMILES string of the molecule is CN=C(NCCc1ccc2c(c1)OCO2)N1CCC(COCCOC)C1. The third-order valence-corrected chi connectivity index (χ3v) is 4.72. The number of fused-ring (bicyclic) bond motifs is 1. The standard InChI is InChI=1S/C19H29N3O4/c1-20-19(22-8-6-16(12-22)13-24-10-9-23-2)21-7-5-15-3-4-17-18(11-15)26-14-25-17/h3-4,11,16H,5-10,12-14H2,1-2H3,(H,20,21). The van der Waals surface area contributed by atoms with Crippen LogP contribution in [0, 0.1) is 5.92 Å². The highest BCUT2D eigenvalue weighted by Gasteiger charge is 2.24. The topological polar surface area (TPSA) is 64.6 Å². The third-order valence-electron chi connectivity index (χ3n) is 4.72. The molecule has 0 aromatic heterocycles. The number of hydrogen-bond acceptors (Lipinski definition) is 5. The van der Waals surface area contributed by atoms with Crippen molar-refractivity contribution in [1.82, 2.24) is 10.2 Å². The van der Waals surface area contributed by atoms with Crippen molar-refractivity contribution in [1.29, 1.82) is 0 Å². The van der Waals surface area contributed by atoms with Crippen LogP contribution in [0.25, 0.3) is 0 Å². The summed E-state index contributed by atoms with van der Waals surface area (Å²) in [6.07, 6.45) is 2.04. The summed E-state index contributed by atoms with van der Waals surface area (Å²) in [5, 5.41) is 3.47. The molecule has 1 fully saturated rings. The number of guanidine groups is 1. The van der Waals surface area contributed by atoms with Crippen LogP contribution in [0.1, 0.15) is 12.0 Å². The average molecular weight is 363 g/mol. The second-order valence-corrected chi connectivity index (χ2v) is 6.58. The molecule has 1 unspecified atom stereocenters. The van der Waals surface area contributed by atoms with Crippen LogP contribution in [0.15, 0.2) is 23.2 Å². The minimum atomic E-state index is 0.314. The molecule has 144 valence electrons. The molecule has 0 radical (unpaired) electrons. The largest absolute Gasteiger partial charge is 0.454 e. The Hall–Kier alpha value is -1.99. The highest BCUT2D eigenvalue weighted by atomic mass is 16.7. The molecule has 7 nitrogen and oxygen atoms in total. The van der Waals surface area contributed by atoms with Gasteiger partial charge in [-0.2, -0.15) is 0 Å². The Morgan fingerprint density at radius 2 is 2.19 bits per heavy atom. The molecular formula is C19H29N3O4. The summed E-state index contributed by atoms with van der Waals surface area (Å²) in [4.78, 5) is 6.74. The van der Waals surface area contributed by atoms with E-state index in [0.29, 0.717) is 25.9 Å². The number of nitrogens with one attached hydrogen (secondary N) is 1. The number of benzene rings is 1. The molecule has 0 saturated carbocycles. The molecule has 2 aliphatic heterocycles. The fourth-order valence-corrected chi connectivity index (χ4v) is 3.30. The lowest BCUT2D eigenvalue weighted by molar-refractivity contribution is 0.0536. The van der Waals surface area contributed by atoms with Gasteiger partial charge in [-0.25, -0.2) is 0 Å². The van der Waals surface area contributed by atoms with Gasteiger partial charge in [0.1, 0.15) is 0 Å². The Labute approximate surface area is 155 Å². The van der Waals surface area contributed by atoms with E-state index in [1.165, 1.54) is 5.56 Å². The molecule has 0 aliphatic carbocycles. The lowest BCUT2D eigenvalue weighted by Gasteiger charge is -2.21. The van der Waals surface area contributed by atoms with Gasteiger partial charge in [-0.3, -0.25) is 4.99 Å². The summed E-state index contributed by atoms with van der Waals surface area (Å²) in [5.41, 5.74) is 1.23. The molecule has 26 heavy (non-hydrogen) atoms. The van der Waals surface area contributed by atoms with Crippen LogP contribution in [-0.4, -0.2) is 71.3 Å². The van der Waals surface area contributed by atoms with Crippen molar-refractivity contribution in [3.05, 3.63) is 23.8 Å². The highest BCUT2D eigenvalue weighted by molar-refractivity contribution is 5.80. The van der Waals surface area contributed by atoms with Gasteiger partial charge in [-0.1, -0.05) is 6.07 Å². The number of aliphatic imine (C=N–C) groups is 1. The van der Waals surface area contributed by atoms with Gasteiger partial charge in [0.25, 0.3) is 0 Å². The van der Waals surface area contributed by atoms with Crippen molar-refractivity contribution in [3.8, 4) is 11.5 Å². The van der Waals surface area contributed by atoms with E-state index in [1.807, 2.05) is 13.1 Å². The van der Waals surface area contributed by atoms with Crippen LogP contribution in [0.4, 0.5) is 0 Å². The van der Waals surface area contributed by atoms with Crippen LogP contribution in [0.2, 0.25) is 0 Å². The van der Waals surface area contributed by atoms with Crippen molar-refractivity contribution in [2.75, 3.05) is 60.4 Å². The molecule has 1 atom stereocenters. The molecule has 0 spiro atoms. The van der Waals surface area contributed by atoms with Gasteiger partial charge >= 0.3 is 0 Å². The maximum atomic E-state index is 5.66. The summed E-state index contributed by atoms with van der Waals surface area (Å²) in [7, 11) is 3.53. The molecule has 2 heterocycles. The van der Waals surface area contributed by atoms with Gasteiger partial charge in [0.05, 0.1) is 19.8 Å². The first-order chi connectivity index (χ1) is 12.8. The Morgan fingerprint density at radius 1 is 1.31 bits per heavy atom. The molecule has 1 aromatic rings. The van der Waals surface area contributed by atoms with Gasteiger partial charge in [-0.05, 0) is 30.5 Å². The van der Waals surface area contributed by atoms with Crippen LogP contribution in [-0.2, 0) is 15.9 Å². The van der Waals surface area contributed by atoms with Crippen molar-refractivity contribution < 1.29 is 18.9 Å². The first kappa shape index (κ1) is 18.8. The normalized spacial score (nSPS) is 19.2. The summed E-state index contributed by atoms with van der Waals surface area (Å²) < 4.78 is 21.5. The van der Waals surface area contributed by atoms with E-state index < -0.39 is 0 Å². The minimum Gasteiger partial charge on any atom is -0.454 e. The smallest absolute Gasteiger partial charge is 0.231 e.